The first-order valence-corrected chi connectivity index (χ1v) is 10.9. The second-order valence-electron chi connectivity index (χ2n) is 8.30. The molecule has 0 bridgehead atoms. The Morgan fingerprint density at radius 2 is 1.33 bits per heavy atom. The van der Waals surface area contributed by atoms with Crippen molar-refractivity contribution < 1.29 is 58.6 Å². The molecule has 212 valence electrons. The number of aliphatic hydroxyl groups excluding tert-OH is 1. The number of ether oxygens (including phenoxy) is 1. The lowest BCUT2D eigenvalue weighted by Crippen LogP contribution is -2.50. The Labute approximate surface area is 214 Å². The van der Waals surface area contributed by atoms with E-state index in [0.29, 0.717) is 16.9 Å². The fourth-order valence-electron chi connectivity index (χ4n) is 3.14. The zero-order valence-electron chi connectivity index (χ0n) is 19.7. The van der Waals surface area contributed by atoms with Gasteiger partial charge in [-0.2, -0.15) is 43.9 Å². The first-order valence-electron chi connectivity index (χ1n) is 10.9. The molecular weight excluding hydrogens is 552 g/mol. The van der Waals surface area contributed by atoms with Gasteiger partial charge in [0.05, 0.1) is 12.2 Å². The molecule has 0 saturated heterocycles. The van der Waals surface area contributed by atoms with Crippen LogP contribution in [0.3, 0.4) is 0 Å². The van der Waals surface area contributed by atoms with E-state index in [1.165, 1.54) is 24.3 Å². The second-order valence-corrected chi connectivity index (χ2v) is 8.30. The number of rotatable bonds is 9. The molecule has 3 aromatic carbocycles. The zero-order chi connectivity index (χ0) is 29.2. The van der Waals surface area contributed by atoms with Gasteiger partial charge >= 0.3 is 24.2 Å². The molecule has 0 spiro atoms. The van der Waals surface area contributed by atoms with Crippen LogP contribution in [-0.4, -0.2) is 36.0 Å². The summed E-state index contributed by atoms with van der Waals surface area (Å²) in [6.45, 7) is 0.484. The average Bonchev–Trinajstić information content (AvgIpc) is 2.84. The summed E-state index contributed by atoms with van der Waals surface area (Å²) < 4.78 is 138. The Bertz CT molecular complexity index is 1260. The molecule has 0 aliphatic heterocycles. The number of aryl methyl sites for hydroxylation is 1. The summed E-state index contributed by atoms with van der Waals surface area (Å²) in [5.74, 6) is -12.6. The molecule has 3 aromatic rings. The van der Waals surface area contributed by atoms with Gasteiger partial charge in [-0.3, -0.25) is 0 Å². The van der Waals surface area contributed by atoms with E-state index in [2.05, 4.69) is 0 Å². The third kappa shape index (κ3) is 6.85. The Kier molecular flexibility index (Phi) is 8.29. The average molecular weight is 571 g/mol. The molecule has 0 aromatic heterocycles. The monoisotopic (exact) mass is 571 g/mol. The number of aliphatic hydroxyl groups is 1. The summed E-state index contributed by atoms with van der Waals surface area (Å²) in [4.78, 5) is 5.18. The van der Waals surface area contributed by atoms with Crippen molar-refractivity contribution in [2.24, 2.45) is 0 Å². The third-order valence-electron chi connectivity index (χ3n) is 5.24. The Morgan fingerprint density at radius 1 is 0.744 bits per heavy atom. The van der Waals surface area contributed by atoms with Crippen molar-refractivity contribution in [2.75, 3.05) is 11.6 Å². The molecule has 0 heterocycles. The molecule has 3 rings (SSSR count). The highest BCUT2D eigenvalue weighted by Gasteiger charge is 2.73. The minimum atomic E-state index is -6.60. The molecule has 0 amide bonds. The van der Waals surface area contributed by atoms with Crippen LogP contribution in [0.25, 0.3) is 0 Å². The number of hydroxylamine groups is 1. The van der Waals surface area contributed by atoms with E-state index in [0.717, 1.165) is 11.6 Å². The Morgan fingerprint density at radius 3 is 1.92 bits per heavy atom. The standard InChI is InChI=1S/C25H19F10NO3/c1-15-8-10-18(11-9-15)38-19-6-3-5-17(13-19)36(14-21(37)23(28,29)30)39-20-7-2-4-16(12-20)22(26,27)24(31,32)25(33,34)35/h2-13,21,37H,14H2,1H3. The van der Waals surface area contributed by atoms with Gasteiger partial charge in [0.1, 0.15) is 11.5 Å². The summed E-state index contributed by atoms with van der Waals surface area (Å²) in [5, 5.41) is 9.99. The normalized spacial score (nSPS) is 13.6. The number of benzene rings is 3. The predicted octanol–water partition coefficient (Wildman–Crippen LogP) is 7.80. The summed E-state index contributed by atoms with van der Waals surface area (Å²) in [7, 11) is 0. The van der Waals surface area contributed by atoms with Crippen LogP contribution in [0.15, 0.2) is 72.8 Å². The second kappa shape index (κ2) is 10.8. The SMILES string of the molecule is Cc1ccc(Oc2cccc(N(CC(O)C(F)(F)F)Oc3cccc(C(F)(F)C(F)(F)C(F)(F)F)c3)c2)cc1. The van der Waals surface area contributed by atoms with Gasteiger partial charge in [-0.1, -0.05) is 35.9 Å². The van der Waals surface area contributed by atoms with E-state index in [9.17, 15) is 49.0 Å². The number of hydrogen-bond acceptors (Lipinski definition) is 4. The molecule has 0 aliphatic rings. The smallest absolute Gasteiger partial charge is 0.457 e. The molecule has 0 saturated carbocycles. The quantitative estimate of drug-likeness (QED) is 0.210. The topological polar surface area (TPSA) is 41.9 Å². The van der Waals surface area contributed by atoms with Gasteiger partial charge in [-0.15, -0.1) is 0 Å². The number of alkyl halides is 10. The van der Waals surface area contributed by atoms with E-state index >= 15 is 0 Å². The summed E-state index contributed by atoms with van der Waals surface area (Å²) in [6.07, 6.45) is -14.8. The van der Waals surface area contributed by atoms with Crippen molar-refractivity contribution in [2.45, 2.75) is 37.2 Å². The van der Waals surface area contributed by atoms with Crippen molar-refractivity contribution >= 4 is 5.69 Å². The molecule has 0 aliphatic carbocycles. The minimum absolute atomic E-state index is 0.0801. The first-order chi connectivity index (χ1) is 17.9. The number of halogens is 10. The third-order valence-corrected chi connectivity index (χ3v) is 5.24. The van der Waals surface area contributed by atoms with Crippen LogP contribution in [0.1, 0.15) is 11.1 Å². The van der Waals surface area contributed by atoms with E-state index in [1.54, 1.807) is 24.3 Å². The van der Waals surface area contributed by atoms with Crippen LogP contribution in [-0.2, 0) is 5.92 Å². The predicted molar refractivity (Wildman–Crippen MR) is 119 cm³/mol. The molecule has 0 radical (unpaired) electrons. The maximum absolute atomic E-state index is 14.2. The van der Waals surface area contributed by atoms with Crippen molar-refractivity contribution in [3.05, 3.63) is 83.9 Å². The van der Waals surface area contributed by atoms with Gasteiger partial charge in [-0.25, -0.2) is 5.06 Å². The first kappa shape index (κ1) is 29.9. The van der Waals surface area contributed by atoms with Crippen LogP contribution in [0.4, 0.5) is 49.6 Å². The minimum Gasteiger partial charge on any atom is -0.457 e. The molecule has 1 atom stereocenters. The summed E-state index contributed by atoms with van der Waals surface area (Å²) >= 11 is 0. The van der Waals surface area contributed by atoms with Crippen LogP contribution in [0, 0.1) is 6.92 Å². The Hall–Kier alpha value is -3.68. The molecule has 0 fully saturated rings. The van der Waals surface area contributed by atoms with Gasteiger partial charge in [-0.05, 0) is 43.3 Å². The lowest BCUT2D eigenvalue weighted by molar-refractivity contribution is -0.359. The number of nitrogens with zero attached hydrogens (tertiary/aromatic N) is 1. The molecule has 1 unspecified atom stereocenters. The van der Waals surface area contributed by atoms with Crippen LogP contribution < -0.4 is 14.6 Å². The number of anilines is 1. The summed E-state index contributed by atoms with van der Waals surface area (Å²) in [6, 6.07) is 13.6. The molecule has 39 heavy (non-hydrogen) atoms. The molecule has 4 nitrogen and oxygen atoms in total. The van der Waals surface area contributed by atoms with E-state index in [1.807, 2.05) is 6.92 Å². The van der Waals surface area contributed by atoms with Crippen molar-refractivity contribution in [1.82, 2.24) is 0 Å². The fourth-order valence-corrected chi connectivity index (χ4v) is 3.14. The van der Waals surface area contributed by atoms with Crippen LogP contribution in [0.2, 0.25) is 0 Å². The van der Waals surface area contributed by atoms with E-state index in [-0.39, 0.29) is 23.6 Å². The molecule has 14 heteroatoms. The van der Waals surface area contributed by atoms with Gasteiger partial charge in [0, 0.05) is 11.6 Å². The molecule has 1 N–H and O–H groups in total. The zero-order valence-corrected chi connectivity index (χ0v) is 19.7. The van der Waals surface area contributed by atoms with Gasteiger partial charge in [0.25, 0.3) is 0 Å². The maximum Gasteiger partial charge on any atom is 0.460 e. The fraction of sp³-hybridized carbons (Fsp3) is 0.280. The highest BCUT2D eigenvalue weighted by atomic mass is 19.4. The lowest BCUT2D eigenvalue weighted by Gasteiger charge is -2.30. The van der Waals surface area contributed by atoms with Crippen molar-refractivity contribution in [3.8, 4) is 17.2 Å². The maximum atomic E-state index is 14.2. The van der Waals surface area contributed by atoms with Gasteiger partial charge in [0.15, 0.2) is 11.9 Å². The van der Waals surface area contributed by atoms with Crippen LogP contribution in [0.5, 0.6) is 17.2 Å². The largest absolute Gasteiger partial charge is 0.460 e. The van der Waals surface area contributed by atoms with Gasteiger partial charge < -0.3 is 14.7 Å². The lowest BCUT2D eigenvalue weighted by atomic mass is 10.0. The Balaban J connectivity index is 1.96. The van der Waals surface area contributed by atoms with Crippen LogP contribution >= 0.6 is 0 Å². The van der Waals surface area contributed by atoms with Gasteiger partial charge in [0.2, 0.25) is 0 Å². The molecular formula is C25H19F10NO3. The van der Waals surface area contributed by atoms with E-state index in [4.69, 9.17) is 9.57 Å². The van der Waals surface area contributed by atoms with E-state index < -0.39 is 48.2 Å². The summed E-state index contributed by atoms with van der Waals surface area (Å²) in [5.41, 5.74) is -1.10. The van der Waals surface area contributed by atoms with Crippen molar-refractivity contribution in [3.63, 3.8) is 0 Å². The van der Waals surface area contributed by atoms with Crippen molar-refractivity contribution in [1.29, 1.82) is 0 Å². The highest BCUT2D eigenvalue weighted by Crippen LogP contribution is 2.52. The number of hydrogen-bond donors (Lipinski definition) is 1. The highest BCUT2D eigenvalue weighted by molar-refractivity contribution is 5.51.